The summed E-state index contributed by atoms with van der Waals surface area (Å²) < 4.78 is 0. The zero-order valence-electron chi connectivity index (χ0n) is 6.64. The normalized spacial score (nSPS) is 28.9. The molecule has 58 valence electrons. The number of hydrogen-bond acceptors (Lipinski definition) is 1. The first-order valence-electron chi connectivity index (χ1n) is 4.16. The molecule has 11 heavy (non-hydrogen) atoms. The number of allylic oxidation sites excluding steroid dienone is 4. The van der Waals surface area contributed by atoms with Crippen LogP contribution in [0.3, 0.4) is 0 Å². The third kappa shape index (κ3) is 1.11. The van der Waals surface area contributed by atoms with Gasteiger partial charge in [-0.2, -0.15) is 0 Å². The number of nitrogens with one attached hydrogen (secondary N) is 1. The minimum absolute atomic E-state index is 0.591. The van der Waals surface area contributed by atoms with Crippen molar-refractivity contribution in [3.05, 3.63) is 36.1 Å². The van der Waals surface area contributed by atoms with Gasteiger partial charge in [0.2, 0.25) is 0 Å². The molecule has 1 atom stereocenters. The zero-order valence-corrected chi connectivity index (χ0v) is 6.64. The quantitative estimate of drug-likeness (QED) is 0.517. The Bertz CT molecular complexity index is 235. The lowest BCUT2D eigenvalue weighted by Gasteiger charge is -2.29. The van der Waals surface area contributed by atoms with Crippen molar-refractivity contribution >= 4 is 0 Å². The van der Waals surface area contributed by atoms with Crippen LogP contribution >= 0.6 is 0 Å². The molecule has 1 aliphatic carbocycles. The van der Waals surface area contributed by atoms with Gasteiger partial charge in [-0.05, 0) is 18.9 Å². The van der Waals surface area contributed by atoms with Crippen molar-refractivity contribution in [2.24, 2.45) is 5.92 Å². The molecule has 0 aromatic rings. The van der Waals surface area contributed by atoms with E-state index in [4.69, 9.17) is 0 Å². The van der Waals surface area contributed by atoms with Crippen LogP contribution < -0.4 is 5.32 Å². The molecule has 1 unspecified atom stereocenters. The number of piperidine rings is 1. The summed E-state index contributed by atoms with van der Waals surface area (Å²) in [5, 5.41) is 3.40. The first-order valence-corrected chi connectivity index (χ1v) is 4.16. The molecule has 1 saturated heterocycles. The lowest BCUT2D eigenvalue weighted by molar-refractivity contribution is 0.552. The molecular weight excluding hydrogens is 134 g/mol. The molecule has 1 nitrogen and oxygen atoms in total. The Kier molecular flexibility index (Phi) is 1.57. The molecular formula is C10H13N. The second kappa shape index (κ2) is 2.57. The van der Waals surface area contributed by atoms with Crippen LogP contribution in [0.2, 0.25) is 0 Å². The molecule has 1 N–H and O–H groups in total. The van der Waals surface area contributed by atoms with Crippen LogP contribution in [0.1, 0.15) is 12.8 Å². The summed E-state index contributed by atoms with van der Waals surface area (Å²) >= 11 is 0. The smallest absolute Gasteiger partial charge is 0.0229 e. The van der Waals surface area contributed by atoms with Gasteiger partial charge in [-0.1, -0.05) is 24.3 Å². The van der Waals surface area contributed by atoms with Crippen LogP contribution in [0, 0.1) is 5.92 Å². The van der Waals surface area contributed by atoms with E-state index in [1.54, 1.807) is 0 Å². The van der Waals surface area contributed by atoms with E-state index < -0.39 is 0 Å². The number of rotatable bonds is 0. The lowest BCUT2D eigenvalue weighted by atomic mass is 9.85. The summed E-state index contributed by atoms with van der Waals surface area (Å²) in [7, 11) is 0. The van der Waals surface area contributed by atoms with Crippen molar-refractivity contribution in [2.75, 3.05) is 6.54 Å². The fraction of sp³-hybridized carbons (Fsp3) is 0.400. The fourth-order valence-corrected chi connectivity index (χ4v) is 1.74. The van der Waals surface area contributed by atoms with Crippen molar-refractivity contribution in [3.63, 3.8) is 0 Å². The topological polar surface area (TPSA) is 12.0 Å². The molecule has 0 aromatic carbocycles. The van der Waals surface area contributed by atoms with Crippen molar-refractivity contribution in [1.82, 2.24) is 5.32 Å². The maximum Gasteiger partial charge on any atom is 0.0229 e. The van der Waals surface area contributed by atoms with Gasteiger partial charge in [0.25, 0.3) is 0 Å². The van der Waals surface area contributed by atoms with Gasteiger partial charge < -0.3 is 5.32 Å². The van der Waals surface area contributed by atoms with Crippen LogP contribution in [0.25, 0.3) is 0 Å². The summed E-state index contributed by atoms with van der Waals surface area (Å²) in [6, 6.07) is 0. The molecule has 1 heterocycles. The van der Waals surface area contributed by atoms with Crippen LogP contribution in [0.15, 0.2) is 36.1 Å². The number of fused-ring (bicyclic) bond motifs is 1. The van der Waals surface area contributed by atoms with Crippen molar-refractivity contribution in [2.45, 2.75) is 12.8 Å². The molecule has 0 radical (unpaired) electrons. The average molecular weight is 147 g/mol. The van der Waals surface area contributed by atoms with Crippen LogP contribution in [0.4, 0.5) is 0 Å². The van der Waals surface area contributed by atoms with Gasteiger partial charge in [0.05, 0.1) is 0 Å². The van der Waals surface area contributed by atoms with E-state index in [1.807, 2.05) is 0 Å². The second-order valence-electron chi connectivity index (χ2n) is 3.17. The summed E-state index contributed by atoms with van der Waals surface area (Å²) in [5.74, 6) is 0.591. The predicted molar refractivity (Wildman–Crippen MR) is 47.1 cm³/mol. The van der Waals surface area contributed by atoms with E-state index in [0.717, 1.165) is 19.4 Å². The Morgan fingerprint density at radius 2 is 2.45 bits per heavy atom. The SMILES string of the molecule is C=C1CCNC2=CC=CCC12. The molecule has 0 bridgehead atoms. The zero-order chi connectivity index (χ0) is 7.68. The van der Waals surface area contributed by atoms with Crippen LogP contribution in [0.5, 0.6) is 0 Å². The summed E-state index contributed by atoms with van der Waals surface area (Å²) in [6.07, 6.45) is 8.77. The highest BCUT2D eigenvalue weighted by molar-refractivity contribution is 5.29. The standard InChI is InChI=1S/C10H13N/c1-8-6-7-11-10-5-3-2-4-9(8)10/h2-3,5,9,11H,1,4,6-7H2. The fourth-order valence-electron chi connectivity index (χ4n) is 1.74. The highest BCUT2D eigenvalue weighted by Crippen LogP contribution is 2.29. The van der Waals surface area contributed by atoms with Gasteiger partial charge in [0, 0.05) is 18.2 Å². The van der Waals surface area contributed by atoms with E-state index in [-0.39, 0.29) is 0 Å². The second-order valence-corrected chi connectivity index (χ2v) is 3.17. The third-order valence-corrected chi connectivity index (χ3v) is 2.43. The van der Waals surface area contributed by atoms with E-state index in [0.29, 0.717) is 5.92 Å². The van der Waals surface area contributed by atoms with Crippen molar-refractivity contribution < 1.29 is 0 Å². The lowest BCUT2D eigenvalue weighted by Crippen LogP contribution is -2.29. The summed E-state index contributed by atoms with van der Waals surface area (Å²) in [6.45, 7) is 5.15. The molecule has 2 rings (SSSR count). The average Bonchev–Trinajstić information content (AvgIpc) is 2.06. The van der Waals surface area contributed by atoms with E-state index in [9.17, 15) is 0 Å². The Morgan fingerprint density at radius 1 is 1.55 bits per heavy atom. The molecule has 0 spiro atoms. The first-order chi connectivity index (χ1) is 5.38. The van der Waals surface area contributed by atoms with E-state index >= 15 is 0 Å². The maximum atomic E-state index is 4.08. The Labute approximate surface area is 67.5 Å². The largest absolute Gasteiger partial charge is 0.388 e. The highest BCUT2D eigenvalue weighted by atomic mass is 14.9. The first kappa shape index (κ1) is 6.71. The van der Waals surface area contributed by atoms with Gasteiger partial charge in [-0.25, -0.2) is 0 Å². The summed E-state index contributed by atoms with van der Waals surface area (Å²) in [5.41, 5.74) is 2.75. The maximum absolute atomic E-state index is 4.08. The predicted octanol–water partition coefficient (Wildman–Crippen LogP) is 2.00. The van der Waals surface area contributed by atoms with Gasteiger partial charge in [-0.15, -0.1) is 0 Å². The van der Waals surface area contributed by atoms with Gasteiger partial charge >= 0.3 is 0 Å². The summed E-state index contributed by atoms with van der Waals surface area (Å²) in [4.78, 5) is 0. The molecule has 0 saturated carbocycles. The Hall–Kier alpha value is -0.980. The van der Waals surface area contributed by atoms with E-state index in [2.05, 4.69) is 30.1 Å². The van der Waals surface area contributed by atoms with Crippen molar-refractivity contribution in [3.8, 4) is 0 Å². The Morgan fingerprint density at radius 3 is 3.27 bits per heavy atom. The Balaban J connectivity index is 2.24. The van der Waals surface area contributed by atoms with Crippen molar-refractivity contribution in [1.29, 1.82) is 0 Å². The van der Waals surface area contributed by atoms with Crippen LogP contribution in [-0.4, -0.2) is 6.54 Å². The molecule has 1 heteroatoms. The van der Waals surface area contributed by atoms with Gasteiger partial charge in [-0.3, -0.25) is 0 Å². The molecule has 2 aliphatic rings. The molecule has 0 amide bonds. The minimum Gasteiger partial charge on any atom is -0.388 e. The van der Waals surface area contributed by atoms with Gasteiger partial charge in [0.1, 0.15) is 0 Å². The number of hydrogen-bond donors (Lipinski definition) is 1. The molecule has 0 aromatic heterocycles. The monoisotopic (exact) mass is 147 g/mol. The minimum atomic E-state index is 0.591. The molecule has 1 aliphatic heterocycles. The van der Waals surface area contributed by atoms with Gasteiger partial charge in [0.15, 0.2) is 0 Å². The third-order valence-electron chi connectivity index (χ3n) is 2.43. The highest BCUT2D eigenvalue weighted by Gasteiger charge is 2.21. The molecule has 1 fully saturated rings. The van der Waals surface area contributed by atoms with Crippen LogP contribution in [-0.2, 0) is 0 Å². The van der Waals surface area contributed by atoms with E-state index in [1.165, 1.54) is 11.3 Å².